The van der Waals surface area contributed by atoms with Crippen molar-refractivity contribution in [3.63, 3.8) is 0 Å². The molecule has 0 bridgehead atoms. The van der Waals surface area contributed by atoms with Gasteiger partial charge in [-0.3, -0.25) is 4.79 Å². The Bertz CT molecular complexity index is 356. The summed E-state index contributed by atoms with van der Waals surface area (Å²) in [6.45, 7) is 2.84. The topological polar surface area (TPSA) is 68.7 Å². The summed E-state index contributed by atoms with van der Waals surface area (Å²) >= 11 is 0. The molecule has 0 unspecified atom stereocenters. The normalized spacial score (nSPS) is 17.1. The van der Waals surface area contributed by atoms with Crippen molar-refractivity contribution in [2.45, 2.75) is 25.4 Å². The zero-order valence-electron chi connectivity index (χ0n) is 10.5. The van der Waals surface area contributed by atoms with Gasteiger partial charge >= 0.3 is 0 Å². The van der Waals surface area contributed by atoms with Gasteiger partial charge in [-0.15, -0.1) is 0 Å². The quantitative estimate of drug-likeness (QED) is 0.801. The Morgan fingerprint density at radius 3 is 2.89 bits per heavy atom. The first-order chi connectivity index (χ1) is 8.81. The van der Waals surface area contributed by atoms with Gasteiger partial charge in [0.1, 0.15) is 0 Å². The predicted octanol–water partition coefficient (Wildman–Crippen LogP) is 1.25. The van der Waals surface area contributed by atoms with Crippen LogP contribution < -0.4 is 5.73 Å². The number of furan rings is 1. The highest BCUT2D eigenvalue weighted by Gasteiger charge is 2.25. The van der Waals surface area contributed by atoms with Gasteiger partial charge in [0.2, 0.25) is 0 Å². The Morgan fingerprint density at radius 2 is 2.28 bits per heavy atom. The minimum Gasteiger partial charge on any atom is -0.459 e. The van der Waals surface area contributed by atoms with Gasteiger partial charge in [-0.05, 0) is 37.9 Å². The lowest BCUT2D eigenvalue weighted by atomic mass is 10.1. The third-order valence-electron chi connectivity index (χ3n) is 3.16. The standard InChI is InChI=1S/C13H20N2O3/c14-6-2-10-17-11-4-7-15(8-5-11)13(16)12-3-1-9-18-12/h1,3,9,11H,2,4-8,10,14H2. The molecule has 5 nitrogen and oxygen atoms in total. The molecular weight excluding hydrogens is 232 g/mol. The summed E-state index contributed by atoms with van der Waals surface area (Å²) < 4.78 is 10.8. The van der Waals surface area contributed by atoms with Crippen LogP contribution >= 0.6 is 0 Å². The lowest BCUT2D eigenvalue weighted by Crippen LogP contribution is -2.40. The second kappa shape index (κ2) is 6.56. The fourth-order valence-corrected chi connectivity index (χ4v) is 2.11. The number of carbonyl (C=O) groups excluding carboxylic acids is 1. The van der Waals surface area contributed by atoms with Gasteiger partial charge in [0.05, 0.1) is 12.4 Å². The first-order valence-electron chi connectivity index (χ1n) is 6.45. The second-order valence-electron chi connectivity index (χ2n) is 4.48. The molecule has 18 heavy (non-hydrogen) atoms. The lowest BCUT2D eigenvalue weighted by molar-refractivity contribution is 0.00764. The van der Waals surface area contributed by atoms with Gasteiger partial charge in [-0.2, -0.15) is 0 Å². The van der Waals surface area contributed by atoms with Gasteiger partial charge in [-0.1, -0.05) is 0 Å². The number of rotatable bonds is 5. The van der Waals surface area contributed by atoms with Crippen molar-refractivity contribution in [2.24, 2.45) is 5.73 Å². The zero-order chi connectivity index (χ0) is 12.8. The zero-order valence-corrected chi connectivity index (χ0v) is 10.5. The maximum absolute atomic E-state index is 12.0. The van der Waals surface area contributed by atoms with Crippen LogP contribution in [-0.4, -0.2) is 43.2 Å². The average Bonchev–Trinajstić information content (AvgIpc) is 2.93. The fraction of sp³-hybridized carbons (Fsp3) is 0.615. The molecule has 0 aliphatic carbocycles. The van der Waals surface area contributed by atoms with E-state index in [1.807, 2.05) is 4.90 Å². The monoisotopic (exact) mass is 252 g/mol. The number of amides is 1. The van der Waals surface area contributed by atoms with E-state index in [0.717, 1.165) is 32.4 Å². The molecule has 5 heteroatoms. The van der Waals surface area contributed by atoms with E-state index < -0.39 is 0 Å². The highest BCUT2D eigenvalue weighted by Crippen LogP contribution is 2.16. The van der Waals surface area contributed by atoms with Gasteiger partial charge in [0.15, 0.2) is 5.76 Å². The summed E-state index contributed by atoms with van der Waals surface area (Å²) in [6.07, 6.45) is 4.45. The number of carbonyl (C=O) groups is 1. The van der Waals surface area contributed by atoms with Gasteiger partial charge < -0.3 is 19.8 Å². The van der Waals surface area contributed by atoms with Crippen LogP contribution in [0.5, 0.6) is 0 Å². The van der Waals surface area contributed by atoms with E-state index in [1.165, 1.54) is 6.26 Å². The minimum atomic E-state index is -0.0274. The molecule has 1 aromatic rings. The lowest BCUT2D eigenvalue weighted by Gasteiger charge is -2.31. The summed E-state index contributed by atoms with van der Waals surface area (Å²) in [5.41, 5.74) is 5.42. The van der Waals surface area contributed by atoms with Crippen molar-refractivity contribution < 1.29 is 13.9 Å². The van der Waals surface area contributed by atoms with E-state index in [9.17, 15) is 4.79 Å². The van der Waals surface area contributed by atoms with Crippen LogP contribution in [0.2, 0.25) is 0 Å². The maximum Gasteiger partial charge on any atom is 0.289 e. The summed E-state index contributed by atoms with van der Waals surface area (Å²) in [4.78, 5) is 13.8. The van der Waals surface area contributed by atoms with E-state index in [2.05, 4.69) is 0 Å². The Labute approximate surface area is 107 Å². The van der Waals surface area contributed by atoms with Gasteiger partial charge in [-0.25, -0.2) is 0 Å². The molecule has 100 valence electrons. The highest BCUT2D eigenvalue weighted by atomic mass is 16.5. The summed E-state index contributed by atoms with van der Waals surface area (Å²) in [5, 5.41) is 0. The number of nitrogens with two attached hydrogens (primary N) is 1. The van der Waals surface area contributed by atoms with Crippen molar-refractivity contribution in [2.75, 3.05) is 26.2 Å². The van der Waals surface area contributed by atoms with Crippen LogP contribution in [0.15, 0.2) is 22.8 Å². The molecule has 1 saturated heterocycles. The fourth-order valence-electron chi connectivity index (χ4n) is 2.11. The van der Waals surface area contributed by atoms with Crippen molar-refractivity contribution in [3.05, 3.63) is 24.2 Å². The third kappa shape index (κ3) is 3.34. The van der Waals surface area contributed by atoms with E-state index >= 15 is 0 Å². The molecule has 0 saturated carbocycles. The van der Waals surface area contributed by atoms with Gasteiger partial charge in [0, 0.05) is 19.7 Å². The Hall–Kier alpha value is -1.33. The molecule has 2 N–H and O–H groups in total. The van der Waals surface area contributed by atoms with Crippen molar-refractivity contribution in [1.82, 2.24) is 4.90 Å². The second-order valence-corrected chi connectivity index (χ2v) is 4.48. The Balaban J connectivity index is 1.75. The van der Waals surface area contributed by atoms with Crippen molar-refractivity contribution in [3.8, 4) is 0 Å². The van der Waals surface area contributed by atoms with Gasteiger partial charge in [0.25, 0.3) is 5.91 Å². The van der Waals surface area contributed by atoms with E-state index in [0.29, 0.717) is 18.9 Å². The first kappa shape index (κ1) is 13.1. The van der Waals surface area contributed by atoms with E-state index in [-0.39, 0.29) is 12.0 Å². The largest absolute Gasteiger partial charge is 0.459 e. The van der Waals surface area contributed by atoms with Crippen LogP contribution in [0.25, 0.3) is 0 Å². The Kier molecular flexibility index (Phi) is 4.78. The predicted molar refractivity (Wildman–Crippen MR) is 67.3 cm³/mol. The van der Waals surface area contributed by atoms with Crippen LogP contribution in [0.3, 0.4) is 0 Å². The van der Waals surface area contributed by atoms with Crippen LogP contribution in [0.1, 0.15) is 29.8 Å². The number of piperidine rings is 1. The SMILES string of the molecule is NCCCOC1CCN(C(=O)c2ccco2)CC1. The number of hydrogen-bond donors (Lipinski definition) is 1. The van der Waals surface area contributed by atoms with Crippen molar-refractivity contribution >= 4 is 5.91 Å². The summed E-state index contributed by atoms with van der Waals surface area (Å²) in [6, 6.07) is 3.43. The molecule has 0 spiro atoms. The number of ether oxygens (including phenoxy) is 1. The molecule has 1 aromatic heterocycles. The number of nitrogens with zero attached hydrogens (tertiary/aromatic N) is 1. The smallest absolute Gasteiger partial charge is 0.289 e. The third-order valence-corrected chi connectivity index (χ3v) is 3.16. The molecule has 1 aliphatic rings. The molecule has 1 amide bonds. The van der Waals surface area contributed by atoms with Crippen LogP contribution in [0, 0.1) is 0 Å². The molecule has 2 heterocycles. The number of hydrogen-bond acceptors (Lipinski definition) is 4. The number of likely N-dealkylation sites (tertiary alicyclic amines) is 1. The molecule has 0 atom stereocenters. The molecule has 1 aliphatic heterocycles. The van der Waals surface area contributed by atoms with Crippen molar-refractivity contribution in [1.29, 1.82) is 0 Å². The molecule has 0 radical (unpaired) electrons. The van der Waals surface area contributed by atoms with Crippen LogP contribution in [0.4, 0.5) is 0 Å². The first-order valence-corrected chi connectivity index (χ1v) is 6.45. The molecular formula is C13H20N2O3. The van der Waals surface area contributed by atoms with E-state index in [4.69, 9.17) is 14.9 Å². The molecule has 0 aromatic carbocycles. The maximum atomic E-state index is 12.0. The Morgan fingerprint density at radius 1 is 1.50 bits per heavy atom. The van der Waals surface area contributed by atoms with E-state index in [1.54, 1.807) is 12.1 Å². The highest BCUT2D eigenvalue weighted by molar-refractivity contribution is 5.91. The minimum absolute atomic E-state index is 0.0274. The molecule has 2 rings (SSSR count). The summed E-state index contributed by atoms with van der Waals surface area (Å²) in [5.74, 6) is 0.387. The van der Waals surface area contributed by atoms with Crippen LogP contribution in [-0.2, 0) is 4.74 Å². The average molecular weight is 252 g/mol. The summed E-state index contributed by atoms with van der Waals surface area (Å²) in [7, 11) is 0. The molecule has 1 fully saturated rings.